The van der Waals surface area contributed by atoms with E-state index in [1.807, 2.05) is 48.7 Å². The standard InChI is InChI=1S/C28H28FN5O3S/c1-15-22(14-35)38-27-23(15)25(31-24(16(2)28(36)37)26-33-32-17(3)34(26)27)19-7-9-21(10-8-19)30-12-11-18-5-4-6-20(29)13-18/h4-10,13,16,24,30,35H,11-12,14H2,1-3H3,(H,36,37)/t16?,24-/m0/s1. The molecular formula is C28H28FN5O3S. The second-order valence-electron chi connectivity index (χ2n) is 9.36. The summed E-state index contributed by atoms with van der Waals surface area (Å²) in [5.74, 6) is -0.949. The van der Waals surface area contributed by atoms with Gasteiger partial charge in [-0.2, -0.15) is 0 Å². The van der Waals surface area contributed by atoms with Gasteiger partial charge in [0.2, 0.25) is 0 Å². The minimum Gasteiger partial charge on any atom is -0.481 e. The normalized spacial score (nSPS) is 15.3. The molecule has 2 atom stereocenters. The van der Waals surface area contributed by atoms with Crippen LogP contribution in [0.15, 0.2) is 53.5 Å². The van der Waals surface area contributed by atoms with Crippen LogP contribution in [0.1, 0.15) is 51.7 Å². The Balaban J connectivity index is 1.51. The lowest BCUT2D eigenvalue weighted by Gasteiger charge is -2.16. The van der Waals surface area contributed by atoms with E-state index in [-0.39, 0.29) is 12.4 Å². The number of carboxylic acids is 1. The fourth-order valence-electron chi connectivity index (χ4n) is 4.69. The van der Waals surface area contributed by atoms with Gasteiger partial charge in [-0.05, 0) is 62.6 Å². The van der Waals surface area contributed by atoms with E-state index in [4.69, 9.17) is 4.99 Å². The van der Waals surface area contributed by atoms with Crippen molar-refractivity contribution in [3.63, 3.8) is 0 Å². The maximum Gasteiger partial charge on any atom is 0.308 e. The number of benzene rings is 2. The Labute approximate surface area is 223 Å². The van der Waals surface area contributed by atoms with Gasteiger partial charge in [-0.3, -0.25) is 14.4 Å². The molecular weight excluding hydrogens is 505 g/mol. The Kier molecular flexibility index (Phi) is 7.09. The second kappa shape index (κ2) is 10.5. The van der Waals surface area contributed by atoms with Crippen LogP contribution in [0.2, 0.25) is 0 Å². The predicted molar refractivity (Wildman–Crippen MR) is 145 cm³/mol. The first-order valence-electron chi connectivity index (χ1n) is 12.3. The molecule has 196 valence electrons. The number of hydrogen-bond donors (Lipinski definition) is 3. The summed E-state index contributed by atoms with van der Waals surface area (Å²) in [6.45, 7) is 5.92. The van der Waals surface area contributed by atoms with Crippen molar-refractivity contribution in [3.8, 4) is 5.00 Å². The summed E-state index contributed by atoms with van der Waals surface area (Å²) >= 11 is 1.44. The van der Waals surface area contributed by atoms with Crippen molar-refractivity contribution in [1.29, 1.82) is 0 Å². The zero-order valence-corrected chi connectivity index (χ0v) is 22.1. The number of nitrogens with zero attached hydrogens (tertiary/aromatic N) is 4. The molecule has 0 fully saturated rings. The van der Waals surface area contributed by atoms with E-state index in [0.717, 1.165) is 37.8 Å². The molecule has 4 aromatic rings. The fourth-order valence-corrected chi connectivity index (χ4v) is 5.91. The molecule has 10 heteroatoms. The molecule has 8 nitrogen and oxygen atoms in total. The second-order valence-corrected chi connectivity index (χ2v) is 10.4. The van der Waals surface area contributed by atoms with Crippen molar-refractivity contribution in [2.24, 2.45) is 10.9 Å². The number of halogens is 1. The van der Waals surface area contributed by atoms with Gasteiger partial charge in [-0.15, -0.1) is 21.5 Å². The lowest BCUT2D eigenvalue weighted by molar-refractivity contribution is -0.141. The SMILES string of the molecule is Cc1c(CO)sc2c1C(c1ccc(NCCc3cccc(F)c3)cc1)=N[C@@H](C(C)C(=O)O)c1nnc(C)n1-2. The fraction of sp³-hybridized carbons (Fsp3) is 0.286. The Morgan fingerprint density at radius 2 is 1.95 bits per heavy atom. The van der Waals surface area contributed by atoms with Crippen LogP contribution in [0.5, 0.6) is 0 Å². The molecule has 0 saturated heterocycles. The Hall–Kier alpha value is -3.89. The van der Waals surface area contributed by atoms with E-state index < -0.39 is 17.9 Å². The van der Waals surface area contributed by atoms with Crippen LogP contribution in [0, 0.1) is 25.6 Å². The molecule has 2 aromatic carbocycles. The Morgan fingerprint density at radius 3 is 2.63 bits per heavy atom. The summed E-state index contributed by atoms with van der Waals surface area (Å²) in [7, 11) is 0. The summed E-state index contributed by atoms with van der Waals surface area (Å²) in [6.07, 6.45) is 0.682. The largest absolute Gasteiger partial charge is 0.481 e. The molecule has 2 aromatic heterocycles. The number of aliphatic imine (C=N–C) groups is 1. The molecule has 1 aliphatic rings. The average Bonchev–Trinajstić information content (AvgIpc) is 3.39. The summed E-state index contributed by atoms with van der Waals surface area (Å²) in [5.41, 5.74) is 5.04. The monoisotopic (exact) mass is 533 g/mol. The number of fused-ring (bicyclic) bond motifs is 3. The van der Waals surface area contributed by atoms with Crippen molar-refractivity contribution in [3.05, 3.63) is 93.1 Å². The van der Waals surface area contributed by atoms with E-state index >= 15 is 0 Å². The third-order valence-electron chi connectivity index (χ3n) is 6.85. The molecule has 5 rings (SSSR count). The Bertz CT molecular complexity index is 1530. The van der Waals surface area contributed by atoms with Crippen molar-refractivity contribution in [2.75, 3.05) is 11.9 Å². The number of carboxylic acid groups (broad SMARTS) is 1. The van der Waals surface area contributed by atoms with E-state index in [9.17, 15) is 19.4 Å². The molecule has 38 heavy (non-hydrogen) atoms. The summed E-state index contributed by atoms with van der Waals surface area (Å²) < 4.78 is 15.3. The highest BCUT2D eigenvalue weighted by molar-refractivity contribution is 7.15. The van der Waals surface area contributed by atoms with Gasteiger partial charge in [0, 0.05) is 28.2 Å². The number of thiophene rings is 1. The lowest BCUT2D eigenvalue weighted by Crippen LogP contribution is -2.21. The Morgan fingerprint density at radius 1 is 1.18 bits per heavy atom. The van der Waals surface area contributed by atoms with Gasteiger partial charge in [-0.1, -0.05) is 24.3 Å². The predicted octanol–water partition coefficient (Wildman–Crippen LogP) is 4.84. The molecule has 0 bridgehead atoms. The van der Waals surface area contributed by atoms with Crippen LogP contribution in [-0.2, 0) is 17.8 Å². The lowest BCUT2D eigenvalue weighted by atomic mass is 9.98. The highest BCUT2D eigenvalue weighted by atomic mass is 32.1. The smallest absolute Gasteiger partial charge is 0.308 e. The van der Waals surface area contributed by atoms with Gasteiger partial charge in [-0.25, -0.2) is 4.39 Å². The van der Waals surface area contributed by atoms with Crippen molar-refractivity contribution in [2.45, 2.75) is 39.8 Å². The van der Waals surface area contributed by atoms with Crippen LogP contribution in [-0.4, -0.2) is 43.2 Å². The highest BCUT2D eigenvalue weighted by Gasteiger charge is 2.36. The number of anilines is 1. The molecule has 3 N–H and O–H groups in total. The summed E-state index contributed by atoms with van der Waals surface area (Å²) in [6, 6.07) is 13.6. The van der Waals surface area contributed by atoms with Crippen molar-refractivity contribution >= 4 is 28.7 Å². The third kappa shape index (κ3) is 4.72. The van der Waals surface area contributed by atoms with Crippen LogP contribution in [0.3, 0.4) is 0 Å². The van der Waals surface area contributed by atoms with Gasteiger partial charge in [0.05, 0.1) is 18.2 Å². The minimum absolute atomic E-state index is 0.115. The number of nitrogens with one attached hydrogen (secondary N) is 1. The first-order chi connectivity index (χ1) is 18.3. The number of carbonyl (C=O) groups is 1. The number of hydrogen-bond acceptors (Lipinski definition) is 7. The number of aliphatic hydroxyl groups excluding tert-OH is 1. The van der Waals surface area contributed by atoms with Gasteiger partial charge >= 0.3 is 5.97 Å². The molecule has 1 unspecified atom stereocenters. The molecule has 0 radical (unpaired) electrons. The van der Waals surface area contributed by atoms with Crippen molar-refractivity contribution < 1.29 is 19.4 Å². The van der Waals surface area contributed by atoms with Crippen LogP contribution >= 0.6 is 11.3 Å². The number of aromatic nitrogens is 3. The molecule has 3 heterocycles. The van der Waals surface area contributed by atoms with Gasteiger partial charge in [0.25, 0.3) is 0 Å². The third-order valence-corrected chi connectivity index (χ3v) is 8.11. The molecule has 0 amide bonds. The van der Waals surface area contributed by atoms with Gasteiger partial charge < -0.3 is 15.5 Å². The number of rotatable bonds is 8. The maximum atomic E-state index is 13.4. The highest BCUT2D eigenvalue weighted by Crippen LogP contribution is 2.41. The number of aliphatic hydroxyl groups is 1. The van der Waals surface area contributed by atoms with E-state index in [1.54, 1.807) is 13.0 Å². The summed E-state index contributed by atoms with van der Waals surface area (Å²) in [4.78, 5) is 17.8. The van der Waals surface area contributed by atoms with Gasteiger partial charge in [0.15, 0.2) is 5.82 Å². The number of aryl methyl sites for hydroxylation is 1. The van der Waals surface area contributed by atoms with E-state index in [0.29, 0.717) is 30.3 Å². The quantitative estimate of drug-likeness (QED) is 0.299. The molecule has 0 saturated carbocycles. The zero-order chi connectivity index (χ0) is 27.0. The first kappa shape index (κ1) is 25.7. The average molecular weight is 534 g/mol. The first-order valence-corrected chi connectivity index (χ1v) is 13.1. The molecule has 0 spiro atoms. The van der Waals surface area contributed by atoms with E-state index in [2.05, 4.69) is 15.5 Å². The van der Waals surface area contributed by atoms with Gasteiger partial charge in [0.1, 0.15) is 22.7 Å². The topological polar surface area (TPSA) is 113 Å². The molecule has 1 aliphatic heterocycles. The zero-order valence-electron chi connectivity index (χ0n) is 21.3. The van der Waals surface area contributed by atoms with Crippen LogP contribution in [0.25, 0.3) is 5.00 Å². The van der Waals surface area contributed by atoms with E-state index in [1.165, 1.54) is 23.5 Å². The maximum absolute atomic E-state index is 13.4. The number of aliphatic carboxylic acids is 1. The summed E-state index contributed by atoms with van der Waals surface area (Å²) in [5, 5.41) is 32.6. The van der Waals surface area contributed by atoms with Crippen LogP contribution < -0.4 is 5.32 Å². The minimum atomic E-state index is -0.971. The van der Waals surface area contributed by atoms with Crippen LogP contribution in [0.4, 0.5) is 10.1 Å². The van der Waals surface area contributed by atoms with Crippen molar-refractivity contribution in [1.82, 2.24) is 14.8 Å². The molecule has 0 aliphatic carbocycles.